The first-order valence-corrected chi connectivity index (χ1v) is 5.07. The van der Waals surface area contributed by atoms with Crippen LogP contribution in [0.15, 0.2) is 22.5 Å². The predicted molar refractivity (Wildman–Crippen MR) is 49.0 cm³/mol. The lowest BCUT2D eigenvalue weighted by molar-refractivity contribution is 0.208. The summed E-state index contributed by atoms with van der Waals surface area (Å²) in [4.78, 5) is 4.09. The summed E-state index contributed by atoms with van der Waals surface area (Å²) in [6.07, 6.45) is 4.99. The average molecular weight is 181 g/mol. The first-order valence-electron chi connectivity index (χ1n) is 4.13. The summed E-state index contributed by atoms with van der Waals surface area (Å²) in [5.41, 5.74) is 3.70. The molecule has 2 rings (SSSR count). The van der Waals surface area contributed by atoms with E-state index in [0.717, 1.165) is 24.1 Å². The Morgan fingerprint density at radius 3 is 3.08 bits per heavy atom. The lowest BCUT2D eigenvalue weighted by atomic mass is 10.1. The van der Waals surface area contributed by atoms with E-state index >= 15 is 0 Å². The van der Waals surface area contributed by atoms with Gasteiger partial charge in [-0.1, -0.05) is 6.08 Å². The predicted octanol–water partition coefficient (Wildman–Crippen LogP) is 2.29. The molecule has 64 valence electrons. The van der Waals surface area contributed by atoms with Gasteiger partial charge in [0.25, 0.3) is 0 Å². The van der Waals surface area contributed by atoms with Crippen molar-refractivity contribution in [2.75, 3.05) is 0 Å². The molecule has 0 aromatic carbocycles. The third-order valence-electron chi connectivity index (χ3n) is 2.16. The molecule has 0 fully saturated rings. The number of rotatable bonds is 2. The SMILES string of the molecule is OC(C1=CCCC1)c1cscn1. The topological polar surface area (TPSA) is 33.1 Å². The van der Waals surface area contributed by atoms with E-state index in [1.54, 1.807) is 5.51 Å². The van der Waals surface area contributed by atoms with Crippen LogP contribution in [0.4, 0.5) is 0 Å². The van der Waals surface area contributed by atoms with Gasteiger partial charge in [0, 0.05) is 5.38 Å². The second-order valence-electron chi connectivity index (χ2n) is 2.99. The molecule has 1 aliphatic rings. The van der Waals surface area contributed by atoms with Crippen LogP contribution in [0.5, 0.6) is 0 Å². The van der Waals surface area contributed by atoms with Crippen LogP contribution in [0.3, 0.4) is 0 Å². The standard InChI is InChI=1S/C9H11NOS/c11-9(7-3-1-2-4-7)8-5-12-6-10-8/h3,5-6,9,11H,1-2,4H2. The summed E-state index contributed by atoms with van der Waals surface area (Å²) in [6, 6.07) is 0. The smallest absolute Gasteiger partial charge is 0.118 e. The van der Waals surface area contributed by atoms with Gasteiger partial charge < -0.3 is 5.11 Å². The number of thiazole rings is 1. The van der Waals surface area contributed by atoms with Crippen molar-refractivity contribution in [1.82, 2.24) is 4.98 Å². The molecular weight excluding hydrogens is 170 g/mol. The van der Waals surface area contributed by atoms with Crippen LogP contribution in [-0.4, -0.2) is 10.1 Å². The van der Waals surface area contributed by atoms with Crippen LogP contribution in [-0.2, 0) is 0 Å². The minimum absolute atomic E-state index is 0.446. The van der Waals surface area contributed by atoms with E-state index in [4.69, 9.17) is 0 Å². The highest BCUT2D eigenvalue weighted by atomic mass is 32.1. The van der Waals surface area contributed by atoms with Crippen molar-refractivity contribution in [3.8, 4) is 0 Å². The number of nitrogens with zero attached hydrogens (tertiary/aromatic N) is 1. The highest BCUT2D eigenvalue weighted by Gasteiger charge is 2.17. The quantitative estimate of drug-likeness (QED) is 0.710. The second kappa shape index (κ2) is 3.37. The van der Waals surface area contributed by atoms with Crippen LogP contribution in [0.1, 0.15) is 31.1 Å². The monoisotopic (exact) mass is 181 g/mol. The highest BCUT2D eigenvalue weighted by molar-refractivity contribution is 7.07. The number of hydrogen-bond donors (Lipinski definition) is 1. The van der Waals surface area contributed by atoms with Gasteiger partial charge in [0.1, 0.15) is 6.10 Å². The Kier molecular flexibility index (Phi) is 2.23. The maximum absolute atomic E-state index is 9.79. The van der Waals surface area contributed by atoms with Crippen LogP contribution in [0.2, 0.25) is 0 Å². The molecule has 0 amide bonds. The van der Waals surface area contributed by atoms with Gasteiger partial charge in [-0.15, -0.1) is 11.3 Å². The number of aromatic nitrogens is 1. The fourth-order valence-corrected chi connectivity index (χ4v) is 2.06. The van der Waals surface area contributed by atoms with Crippen LogP contribution < -0.4 is 0 Å². The Labute approximate surface area is 75.6 Å². The minimum Gasteiger partial charge on any atom is -0.382 e. The molecule has 1 unspecified atom stereocenters. The van der Waals surface area contributed by atoms with Crippen molar-refractivity contribution in [2.24, 2.45) is 0 Å². The van der Waals surface area contributed by atoms with Gasteiger partial charge in [0.05, 0.1) is 11.2 Å². The Morgan fingerprint density at radius 1 is 1.58 bits per heavy atom. The molecule has 1 heterocycles. The molecule has 3 heteroatoms. The Morgan fingerprint density at radius 2 is 2.50 bits per heavy atom. The van der Waals surface area contributed by atoms with Crippen molar-refractivity contribution >= 4 is 11.3 Å². The molecular formula is C9H11NOS. The molecule has 0 saturated carbocycles. The average Bonchev–Trinajstić information content (AvgIpc) is 2.77. The molecule has 0 saturated heterocycles. The second-order valence-corrected chi connectivity index (χ2v) is 3.71. The van der Waals surface area contributed by atoms with Gasteiger partial charge in [-0.3, -0.25) is 0 Å². The van der Waals surface area contributed by atoms with Crippen molar-refractivity contribution in [3.63, 3.8) is 0 Å². The van der Waals surface area contributed by atoms with Gasteiger partial charge in [-0.25, -0.2) is 4.98 Å². The van der Waals surface area contributed by atoms with E-state index in [9.17, 15) is 5.11 Å². The molecule has 2 nitrogen and oxygen atoms in total. The van der Waals surface area contributed by atoms with Crippen molar-refractivity contribution in [2.45, 2.75) is 25.4 Å². The van der Waals surface area contributed by atoms with E-state index < -0.39 is 6.10 Å². The summed E-state index contributed by atoms with van der Waals surface area (Å²) < 4.78 is 0. The van der Waals surface area contributed by atoms with E-state index in [1.165, 1.54) is 17.8 Å². The molecule has 1 N–H and O–H groups in total. The molecule has 1 atom stereocenters. The first-order chi connectivity index (χ1) is 5.88. The van der Waals surface area contributed by atoms with Gasteiger partial charge in [-0.05, 0) is 24.8 Å². The summed E-state index contributed by atoms with van der Waals surface area (Å²) in [7, 11) is 0. The maximum atomic E-state index is 9.79. The summed E-state index contributed by atoms with van der Waals surface area (Å²) in [5, 5.41) is 11.7. The number of hydrogen-bond acceptors (Lipinski definition) is 3. The maximum Gasteiger partial charge on any atom is 0.118 e. The third-order valence-corrected chi connectivity index (χ3v) is 2.76. The molecule has 0 aliphatic heterocycles. The van der Waals surface area contributed by atoms with E-state index in [0.29, 0.717) is 0 Å². The summed E-state index contributed by atoms with van der Waals surface area (Å²) in [5.74, 6) is 0. The van der Waals surface area contributed by atoms with Crippen LogP contribution in [0, 0.1) is 0 Å². The molecule has 0 spiro atoms. The zero-order chi connectivity index (χ0) is 8.39. The van der Waals surface area contributed by atoms with E-state index in [1.807, 2.05) is 5.38 Å². The van der Waals surface area contributed by atoms with Gasteiger partial charge >= 0.3 is 0 Å². The molecule has 1 aliphatic carbocycles. The fourth-order valence-electron chi connectivity index (χ4n) is 1.49. The van der Waals surface area contributed by atoms with Crippen molar-refractivity contribution in [3.05, 3.63) is 28.2 Å². The van der Waals surface area contributed by atoms with Crippen molar-refractivity contribution < 1.29 is 5.11 Å². The number of aliphatic hydroxyl groups excluding tert-OH is 1. The lowest BCUT2D eigenvalue weighted by Gasteiger charge is -2.07. The molecule has 0 radical (unpaired) electrons. The highest BCUT2D eigenvalue weighted by Crippen LogP contribution is 2.29. The lowest BCUT2D eigenvalue weighted by Crippen LogP contribution is -1.99. The molecule has 12 heavy (non-hydrogen) atoms. The van der Waals surface area contributed by atoms with E-state index in [2.05, 4.69) is 11.1 Å². The largest absolute Gasteiger partial charge is 0.382 e. The summed E-state index contributed by atoms with van der Waals surface area (Å²) in [6.45, 7) is 0. The zero-order valence-electron chi connectivity index (χ0n) is 6.73. The van der Waals surface area contributed by atoms with Crippen molar-refractivity contribution in [1.29, 1.82) is 0 Å². The first kappa shape index (κ1) is 7.95. The third kappa shape index (κ3) is 1.42. The molecule has 0 bridgehead atoms. The fraction of sp³-hybridized carbons (Fsp3) is 0.444. The van der Waals surface area contributed by atoms with Gasteiger partial charge in [-0.2, -0.15) is 0 Å². The number of aliphatic hydroxyl groups is 1. The molecule has 1 aromatic rings. The molecule has 1 aromatic heterocycles. The zero-order valence-corrected chi connectivity index (χ0v) is 7.55. The number of allylic oxidation sites excluding steroid dienone is 1. The van der Waals surface area contributed by atoms with E-state index in [-0.39, 0.29) is 0 Å². The normalized spacial score (nSPS) is 19.2. The Hall–Kier alpha value is -0.670. The van der Waals surface area contributed by atoms with Gasteiger partial charge in [0.15, 0.2) is 0 Å². The van der Waals surface area contributed by atoms with Gasteiger partial charge in [0.2, 0.25) is 0 Å². The van der Waals surface area contributed by atoms with Crippen LogP contribution >= 0.6 is 11.3 Å². The minimum atomic E-state index is -0.446. The Balaban J connectivity index is 2.14. The Bertz CT molecular complexity index is 279. The van der Waals surface area contributed by atoms with Crippen LogP contribution in [0.25, 0.3) is 0 Å². The summed E-state index contributed by atoms with van der Waals surface area (Å²) >= 11 is 1.53.